The standard InChI is InChI=1S/C14H22ClNOS/c1-3-14(11-4-6-12(15)7-5-11)16-13(8-9-17)10-18-2/h4-7,13-14,16-17H,3,8-10H2,1-2H3. The fourth-order valence-electron chi connectivity index (χ4n) is 2.00. The van der Waals surface area contributed by atoms with E-state index in [1.54, 1.807) is 11.8 Å². The van der Waals surface area contributed by atoms with Crippen molar-refractivity contribution in [3.05, 3.63) is 34.9 Å². The van der Waals surface area contributed by atoms with E-state index in [1.807, 2.05) is 12.1 Å². The number of rotatable bonds is 8. The fraction of sp³-hybridized carbons (Fsp3) is 0.571. The Bertz CT molecular complexity index is 325. The molecule has 4 heteroatoms. The van der Waals surface area contributed by atoms with E-state index in [0.717, 1.165) is 23.6 Å². The molecule has 18 heavy (non-hydrogen) atoms. The predicted molar refractivity (Wildman–Crippen MR) is 81.5 cm³/mol. The minimum absolute atomic E-state index is 0.231. The van der Waals surface area contributed by atoms with Crippen LogP contribution in [0.4, 0.5) is 0 Å². The first kappa shape index (κ1) is 15.8. The van der Waals surface area contributed by atoms with Gasteiger partial charge >= 0.3 is 0 Å². The van der Waals surface area contributed by atoms with Crippen molar-refractivity contribution in [2.75, 3.05) is 18.6 Å². The molecule has 0 bridgehead atoms. The van der Waals surface area contributed by atoms with Gasteiger partial charge in [-0.3, -0.25) is 0 Å². The molecule has 0 radical (unpaired) electrons. The Labute approximate surface area is 119 Å². The van der Waals surface area contributed by atoms with E-state index < -0.39 is 0 Å². The van der Waals surface area contributed by atoms with Gasteiger partial charge in [0.1, 0.15) is 0 Å². The fourth-order valence-corrected chi connectivity index (χ4v) is 2.79. The Morgan fingerprint density at radius 3 is 2.50 bits per heavy atom. The van der Waals surface area contributed by atoms with Crippen molar-refractivity contribution in [2.24, 2.45) is 0 Å². The highest BCUT2D eigenvalue weighted by Crippen LogP contribution is 2.20. The van der Waals surface area contributed by atoms with E-state index in [2.05, 4.69) is 30.6 Å². The Hall–Kier alpha value is -0.220. The quantitative estimate of drug-likeness (QED) is 0.768. The Balaban J connectivity index is 2.67. The summed E-state index contributed by atoms with van der Waals surface area (Å²) in [5.74, 6) is 1.02. The molecule has 1 aromatic rings. The van der Waals surface area contributed by atoms with E-state index in [1.165, 1.54) is 5.56 Å². The van der Waals surface area contributed by atoms with Crippen molar-refractivity contribution in [3.63, 3.8) is 0 Å². The smallest absolute Gasteiger partial charge is 0.0446 e. The maximum Gasteiger partial charge on any atom is 0.0446 e. The maximum absolute atomic E-state index is 9.09. The molecule has 0 aliphatic heterocycles. The van der Waals surface area contributed by atoms with Crippen molar-refractivity contribution in [3.8, 4) is 0 Å². The van der Waals surface area contributed by atoms with E-state index in [-0.39, 0.29) is 6.61 Å². The summed E-state index contributed by atoms with van der Waals surface area (Å²) in [5, 5.41) is 13.5. The lowest BCUT2D eigenvalue weighted by atomic mass is 10.0. The monoisotopic (exact) mass is 287 g/mol. The van der Waals surface area contributed by atoms with Crippen LogP contribution in [-0.2, 0) is 0 Å². The van der Waals surface area contributed by atoms with Crippen LogP contribution in [0.5, 0.6) is 0 Å². The molecule has 0 fully saturated rings. The first-order chi connectivity index (χ1) is 8.71. The van der Waals surface area contributed by atoms with E-state index in [0.29, 0.717) is 12.1 Å². The van der Waals surface area contributed by atoms with Gasteiger partial charge in [-0.15, -0.1) is 0 Å². The normalized spacial score (nSPS) is 14.4. The van der Waals surface area contributed by atoms with Gasteiger partial charge in [0.25, 0.3) is 0 Å². The molecule has 1 aromatic carbocycles. The molecule has 2 nitrogen and oxygen atoms in total. The number of thioether (sulfide) groups is 1. The molecule has 0 amide bonds. The lowest BCUT2D eigenvalue weighted by molar-refractivity contribution is 0.263. The summed E-state index contributed by atoms with van der Waals surface area (Å²) in [7, 11) is 0. The molecule has 0 aliphatic rings. The van der Waals surface area contributed by atoms with Gasteiger partial charge in [-0.1, -0.05) is 30.7 Å². The number of aliphatic hydroxyl groups excluding tert-OH is 1. The number of benzene rings is 1. The van der Waals surface area contributed by atoms with Gasteiger partial charge in [-0.2, -0.15) is 11.8 Å². The van der Waals surface area contributed by atoms with Crippen molar-refractivity contribution in [2.45, 2.75) is 31.8 Å². The predicted octanol–water partition coefficient (Wildman–Crippen LogP) is 3.49. The molecule has 2 N–H and O–H groups in total. The van der Waals surface area contributed by atoms with Gasteiger partial charge in [0.15, 0.2) is 0 Å². The van der Waals surface area contributed by atoms with Crippen LogP contribution in [0.25, 0.3) is 0 Å². The molecule has 0 saturated heterocycles. The molecular weight excluding hydrogens is 266 g/mol. The van der Waals surface area contributed by atoms with E-state index in [9.17, 15) is 0 Å². The average molecular weight is 288 g/mol. The highest BCUT2D eigenvalue weighted by atomic mass is 35.5. The number of halogens is 1. The molecular formula is C14H22ClNOS. The van der Waals surface area contributed by atoms with Crippen LogP contribution in [0.2, 0.25) is 5.02 Å². The molecule has 0 saturated carbocycles. The summed E-state index contributed by atoms with van der Waals surface area (Å²) in [4.78, 5) is 0. The molecule has 0 aromatic heterocycles. The number of hydrogen-bond acceptors (Lipinski definition) is 3. The van der Waals surface area contributed by atoms with Gasteiger partial charge in [0, 0.05) is 29.5 Å². The summed E-state index contributed by atoms with van der Waals surface area (Å²) >= 11 is 7.71. The highest BCUT2D eigenvalue weighted by Gasteiger charge is 2.14. The second-order valence-corrected chi connectivity index (χ2v) is 5.69. The van der Waals surface area contributed by atoms with Gasteiger partial charge in [-0.05, 0) is 36.8 Å². The molecule has 2 atom stereocenters. The molecule has 0 spiro atoms. The van der Waals surface area contributed by atoms with Crippen LogP contribution >= 0.6 is 23.4 Å². The number of aliphatic hydroxyl groups is 1. The van der Waals surface area contributed by atoms with Gasteiger partial charge in [0.05, 0.1) is 0 Å². The minimum Gasteiger partial charge on any atom is -0.396 e. The van der Waals surface area contributed by atoms with Crippen LogP contribution in [0, 0.1) is 0 Å². The van der Waals surface area contributed by atoms with Crippen molar-refractivity contribution in [1.82, 2.24) is 5.32 Å². The van der Waals surface area contributed by atoms with Crippen LogP contribution in [0.15, 0.2) is 24.3 Å². The van der Waals surface area contributed by atoms with Crippen molar-refractivity contribution < 1.29 is 5.11 Å². The zero-order chi connectivity index (χ0) is 13.4. The van der Waals surface area contributed by atoms with Crippen LogP contribution in [0.1, 0.15) is 31.4 Å². The number of nitrogens with one attached hydrogen (secondary N) is 1. The third-order valence-corrected chi connectivity index (χ3v) is 3.95. The lowest BCUT2D eigenvalue weighted by Crippen LogP contribution is -2.35. The summed E-state index contributed by atoms with van der Waals surface area (Å²) in [6.45, 7) is 2.40. The molecule has 0 heterocycles. The second kappa shape index (κ2) is 8.81. The summed E-state index contributed by atoms with van der Waals surface area (Å²) in [6, 6.07) is 8.67. The van der Waals surface area contributed by atoms with Gasteiger partial charge in [-0.25, -0.2) is 0 Å². The molecule has 2 unspecified atom stereocenters. The summed E-state index contributed by atoms with van der Waals surface area (Å²) < 4.78 is 0. The first-order valence-electron chi connectivity index (χ1n) is 6.32. The van der Waals surface area contributed by atoms with Crippen molar-refractivity contribution >= 4 is 23.4 Å². The second-order valence-electron chi connectivity index (χ2n) is 4.34. The van der Waals surface area contributed by atoms with Gasteiger partial charge in [0.2, 0.25) is 0 Å². The third-order valence-electron chi connectivity index (χ3n) is 2.96. The van der Waals surface area contributed by atoms with Crippen molar-refractivity contribution in [1.29, 1.82) is 0 Å². The van der Waals surface area contributed by atoms with Crippen LogP contribution < -0.4 is 5.32 Å². The highest BCUT2D eigenvalue weighted by molar-refractivity contribution is 7.98. The maximum atomic E-state index is 9.09. The molecule has 102 valence electrons. The van der Waals surface area contributed by atoms with Gasteiger partial charge < -0.3 is 10.4 Å². The zero-order valence-corrected chi connectivity index (χ0v) is 12.6. The summed E-state index contributed by atoms with van der Waals surface area (Å²) in [6.07, 6.45) is 3.91. The third kappa shape index (κ3) is 5.19. The topological polar surface area (TPSA) is 32.3 Å². The minimum atomic E-state index is 0.231. The largest absolute Gasteiger partial charge is 0.396 e. The SMILES string of the molecule is CCC(NC(CCO)CSC)c1ccc(Cl)cc1. The van der Waals surface area contributed by atoms with E-state index >= 15 is 0 Å². The lowest BCUT2D eigenvalue weighted by Gasteiger charge is -2.24. The Morgan fingerprint density at radius 1 is 1.33 bits per heavy atom. The molecule has 0 aliphatic carbocycles. The van der Waals surface area contributed by atoms with E-state index in [4.69, 9.17) is 16.7 Å². The Morgan fingerprint density at radius 2 is 2.00 bits per heavy atom. The molecule has 1 rings (SSSR count). The Kier molecular flexibility index (Phi) is 7.75. The average Bonchev–Trinajstić information content (AvgIpc) is 2.37. The first-order valence-corrected chi connectivity index (χ1v) is 8.09. The van der Waals surface area contributed by atoms with Crippen LogP contribution in [-0.4, -0.2) is 29.8 Å². The summed E-state index contributed by atoms with van der Waals surface area (Å²) in [5.41, 5.74) is 1.26. The number of hydrogen-bond donors (Lipinski definition) is 2. The van der Waals surface area contributed by atoms with Crippen LogP contribution in [0.3, 0.4) is 0 Å². The zero-order valence-electron chi connectivity index (χ0n) is 11.0.